The van der Waals surface area contributed by atoms with Gasteiger partial charge in [-0.25, -0.2) is 4.98 Å². The number of hydrogen-bond acceptors (Lipinski definition) is 4. The minimum atomic E-state index is -4.55. The lowest BCUT2D eigenvalue weighted by atomic mass is 10.1. The predicted molar refractivity (Wildman–Crippen MR) is 108 cm³/mol. The van der Waals surface area contributed by atoms with Crippen molar-refractivity contribution in [2.75, 3.05) is 6.54 Å². The van der Waals surface area contributed by atoms with Crippen molar-refractivity contribution in [3.05, 3.63) is 75.2 Å². The first kappa shape index (κ1) is 21.0. The molecule has 0 aliphatic heterocycles. The molecule has 2 aromatic heterocycles. The summed E-state index contributed by atoms with van der Waals surface area (Å²) in [5.74, 6) is -0.407. The van der Waals surface area contributed by atoms with Crippen LogP contribution in [-0.4, -0.2) is 22.4 Å². The van der Waals surface area contributed by atoms with Gasteiger partial charge in [-0.05, 0) is 35.9 Å². The van der Waals surface area contributed by atoms with Gasteiger partial charge in [0.25, 0.3) is 0 Å². The van der Waals surface area contributed by atoms with Gasteiger partial charge in [-0.1, -0.05) is 23.7 Å². The van der Waals surface area contributed by atoms with Crippen LogP contribution in [0.5, 0.6) is 0 Å². The molecule has 29 heavy (non-hydrogen) atoms. The fraction of sp³-hybridized carbons (Fsp3) is 0.150. The molecule has 1 N–H and O–H groups in total. The van der Waals surface area contributed by atoms with Crippen molar-refractivity contribution < 1.29 is 18.0 Å². The van der Waals surface area contributed by atoms with E-state index in [-0.39, 0.29) is 10.6 Å². The maximum Gasteiger partial charge on any atom is 0.417 e. The Kier molecular flexibility index (Phi) is 6.66. The lowest BCUT2D eigenvalue weighted by Gasteiger charge is -2.09. The van der Waals surface area contributed by atoms with E-state index in [1.54, 1.807) is 6.20 Å². The quantitative estimate of drug-likeness (QED) is 0.536. The highest BCUT2D eigenvalue weighted by atomic mass is 35.5. The number of hydrogen-bond donors (Lipinski definition) is 1. The van der Waals surface area contributed by atoms with E-state index in [1.807, 2.05) is 23.6 Å². The molecule has 3 rings (SSSR count). The summed E-state index contributed by atoms with van der Waals surface area (Å²) in [5, 5.41) is 5.05. The monoisotopic (exact) mass is 437 g/mol. The molecule has 0 atom stereocenters. The van der Waals surface area contributed by atoms with E-state index in [9.17, 15) is 18.0 Å². The maximum absolute atomic E-state index is 12.9. The smallest absolute Gasteiger partial charge is 0.352 e. The van der Waals surface area contributed by atoms with Crippen LogP contribution < -0.4 is 5.32 Å². The van der Waals surface area contributed by atoms with Gasteiger partial charge in [0.2, 0.25) is 5.91 Å². The fourth-order valence-electron chi connectivity index (χ4n) is 2.44. The number of rotatable bonds is 6. The molecule has 0 saturated carbocycles. The van der Waals surface area contributed by atoms with E-state index in [1.165, 1.54) is 29.6 Å². The van der Waals surface area contributed by atoms with Crippen molar-refractivity contribution in [2.24, 2.45) is 0 Å². The number of nitrogens with one attached hydrogen (secondary N) is 1. The summed E-state index contributed by atoms with van der Waals surface area (Å²) in [6.45, 7) is 0.354. The van der Waals surface area contributed by atoms with Gasteiger partial charge in [0.15, 0.2) is 0 Å². The molecule has 3 aromatic rings. The number of alkyl halides is 3. The Hall–Kier alpha value is -2.71. The number of nitrogens with zero attached hydrogens (tertiary/aromatic N) is 2. The first-order valence-corrected chi connectivity index (χ1v) is 9.77. The van der Waals surface area contributed by atoms with Crippen LogP contribution in [0.4, 0.5) is 13.2 Å². The number of aromatic nitrogens is 2. The second kappa shape index (κ2) is 9.19. The average molecular weight is 438 g/mol. The lowest BCUT2D eigenvalue weighted by molar-refractivity contribution is -0.137. The molecule has 0 saturated heterocycles. The zero-order chi connectivity index (χ0) is 20.9. The number of amides is 1. The third-order valence-electron chi connectivity index (χ3n) is 3.84. The van der Waals surface area contributed by atoms with Crippen molar-refractivity contribution in [2.45, 2.75) is 12.6 Å². The number of pyridine rings is 1. The number of carbonyl (C=O) groups excluding carboxylic acids is 1. The normalized spacial score (nSPS) is 11.7. The van der Waals surface area contributed by atoms with Crippen molar-refractivity contribution >= 4 is 34.9 Å². The Morgan fingerprint density at radius 1 is 1.21 bits per heavy atom. The Balaban J connectivity index is 1.52. The molecule has 9 heteroatoms. The van der Waals surface area contributed by atoms with Crippen LogP contribution in [0.15, 0.2) is 54.1 Å². The minimum absolute atomic E-state index is 0.233. The van der Waals surface area contributed by atoms with Crippen LogP contribution in [0, 0.1) is 0 Å². The summed E-state index contributed by atoms with van der Waals surface area (Å²) >= 11 is 7.05. The molecular weight excluding hydrogens is 423 g/mol. The molecule has 0 radical (unpaired) electrons. The van der Waals surface area contributed by atoms with Gasteiger partial charge in [0.05, 0.1) is 27.0 Å². The third-order valence-corrected chi connectivity index (χ3v) is 5.08. The molecule has 1 amide bonds. The van der Waals surface area contributed by atoms with E-state index in [0.717, 1.165) is 28.5 Å². The van der Waals surface area contributed by atoms with Gasteiger partial charge >= 0.3 is 6.18 Å². The SMILES string of the molecule is O=C(C=Cc1ccc(Cl)c(C(F)(F)F)c1)NCCc1nc(-c2ccccn2)cs1. The summed E-state index contributed by atoms with van der Waals surface area (Å²) in [5.41, 5.74) is 0.856. The van der Waals surface area contributed by atoms with Gasteiger partial charge < -0.3 is 5.32 Å². The Morgan fingerprint density at radius 2 is 2.03 bits per heavy atom. The molecule has 0 bridgehead atoms. The highest BCUT2D eigenvalue weighted by Gasteiger charge is 2.33. The topological polar surface area (TPSA) is 54.9 Å². The molecule has 2 heterocycles. The summed E-state index contributed by atoms with van der Waals surface area (Å²) in [7, 11) is 0. The largest absolute Gasteiger partial charge is 0.417 e. The van der Waals surface area contributed by atoms with Crippen molar-refractivity contribution in [1.29, 1.82) is 0 Å². The fourth-order valence-corrected chi connectivity index (χ4v) is 3.46. The molecule has 0 unspecified atom stereocenters. The number of halogens is 4. The van der Waals surface area contributed by atoms with Gasteiger partial charge in [-0.3, -0.25) is 9.78 Å². The number of benzene rings is 1. The van der Waals surface area contributed by atoms with Crippen molar-refractivity contribution in [3.63, 3.8) is 0 Å². The summed E-state index contributed by atoms with van der Waals surface area (Å²) in [6, 6.07) is 9.05. The van der Waals surface area contributed by atoms with Gasteiger partial charge in [-0.2, -0.15) is 13.2 Å². The van der Waals surface area contributed by atoms with Crippen LogP contribution in [-0.2, 0) is 17.4 Å². The van der Waals surface area contributed by atoms with Crippen LogP contribution >= 0.6 is 22.9 Å². The summed E-state index contributed by atoms with van der Waals surface area (Å²) in [6.07, 6.45) is 0.175. The molecule has 1 aromatic carbocycles. The number of carbonyl (C=O) groups is 1. The second-order valence-corrected chi connectivity index (χ2v) is 7.30. The van der Waals surface area contributed by atoms with Crippen LogP contribution in [0.3, 0.4) is 0 Å². The standard InChI is InChI=1S/C20H15ClF3N3OS/c21-15-6-4-13(11-14(15)20(22,23)24)5-7-18(28)26-10-8-19-27-17(12-29-19)16-3-1-2-9-25-16/h1-7,9,11-12H,8,10H2,(H,26,28). The Morgan fingerprint density at radius 3 is 2.76 bits per heavy atom. The predicted octanol–water partition coefficient (Wildman–Crippen LogP) is 5.25. The zero-order valence-corrected chi connectivity index (χ0v) is 16.5. The molecule has 150 valence electrons. The average Bonchev–Trinajstić information content (AvgIpc) is 3.16. The third kappa shape index (κ3) is 5.88. The van der Waals surface area contributed by atoms with Crippen LogP contribution in [0.1, 0.15) is 16.1 Å². The van der Waals surface area contributed by atoms with Gasteiger partial charge in [0, 0.05) is 30.6 Å². The molecule has 0 aliphatic carbocycles. The first-order chi connectivity index (χ1) is 13.8. The summed E-state index contributed by atoms with van der Waals surface area (Å²) < 4.78 is 38.6. The van der Waals surface area contributed by atoms with Crippen molar-refractivity contribution in [1.82, 2.24) is 15.3 Å². The maximum atomic E-state index is 12.9. The van der Waals surface area contributed by atoms with Gasteiger partial charge in [0.1, 0.15) is 0 Å². The van der Waals surface area contributed by atoms with E-state index >= 15 is 0 Å². The van der Waals surface area contributed by atoms with Crippen LogP contribution in [0.25, 0.3) is 17.5 Å². The van der Waals surface area contributed by atoms with Gasteiger partial charge in [-0.15, -0.1) is 11.3 Å². The molecule has 4 nitrogen and oxygen atoms in total. The minimum Gasteiger partial charge on any atom is -0.352 e. The highest BCUT2D eigenvalue weighted by molar-refractivity contribution is 7.09. The van der Waals surface area contributed by atoms with Crippen molar-refractivity contribution in [3.8, 4) is 11.4 Å². The molecule has 0 fully saturated rings. The van der Waals surface area contributed by atoms with Crippen LogP contribution in [0.2, 0.25) is 5.02 Å². The Bertz CT molecular complexity index is 1020. The van der Waals surface area contributed by atoms with E-state index in [2.05, 4.69) is 15.3 Å². The Labute approximate surface area is 174 Å². The first-order valence-electron chi connectivity index (χ1n) is 8.51. The molecule has 0 aliphatic rings. The molecule has 0 spiro atoms. The van der Waals surface area contributed by atoms with E-state index in [0.29, 0.717) is 13.0 Å². The molecular formula is C20H15ClF3N3OS. The summed E-state index contributed by atoms with van der Waals surface area (Å²) in [4.78, 5) is 20.6. The second-order valence-electron chi connectivity index (χ2n) is 5.95. The van der Waals surface area contributed by atoms with E-state index < -0.39 is 17.6 Å². The lowest BCUT2D eigenvalue weighted by Crippen LogP contribution is -2.23. The zero-order valence-electron chi connectivity index (χ0n) is 14.9. The number of thiazole rings is 1. The van der Waals surface area contributed by atoms with E-state index in [4.69, 9.17) is 11.6 Å². The highest BCUT2D eigenvalue weighted by Crippen LogP contribution is 2.35.